The topological polar surface area (TPSA) is 58.6 Å². The number of ketones is 2. The molecule has 1 aliphatic carbocycles. The monoisotopic (exact) mass is 424 g/mol. The van der Waals surface area contributed by atoms with Crippen molar-refractivity contribution in [3.05, 3.63) is 75.4 Å². The van der Waals surface area contributed by atoms with Crippen molar-refractivity contribution < 1.29 is 14.3 Å². The van der Waals surface area contributed by atoms with E-state index in [2.05, 4.69) is 10.2 Å². The van der Waals surface area contributed by atoms with Gasteiger partial charge in [-0.1, -0.05) is 35.9 Å². The first-order chi connectivity index (χ1) is 14.5. The molecule has 0 bridgehead atoms. The van der Waals surface area contributed by atoms with Crippen LogP contribution in [0.3, 0.4) is 0 Å². The highest BCUT2D eigenvalue weighted by Gasteiger charge is 2.32. The molecular formula is C24H25ClN2O3. The van der Waals surface area contributed by atoms with Crippen molar-refractivity contribution in [2.75, 3.05) is 26.2 Å². The predicted molar refractivity (Wildman–Crippen MR) is 117 cm³/mol. The van der Waals surface area contributed by atoms with Gasteiger partial charge in [-0.25, -0.2) is 0 Å². The van der Waals surface area contributed by atoms with Crippen LogP contribution in [0.5, 0.6) is 5.75 Å². The van der Waals surface area contributed by atoms with Crippen LogP contribution >= 0.6 is 11.6 Å². The molecule has 2 aromatic carbocycles. The smallest absolute Gasteiger partial charge is 0.213 e. The molecule has 2 aliphatic rings. The number of ether oxygens (including phenoxy) is 1. The van der Waals surface area contributed by atoms with Gasteiger partial charge in [-0.3, -0.25) is 9.59 Å². The number of fused-ring (bicyclic) bond motifs is 1. The lowest BCUT2D eigenvalue weighted by atomic mass is 9.87. The Morgan fingerprint density at radius 1 is 1.07 bits per heavy atom. The van der Waals surface area contributed by atoms with Crippen molar-refractivity contribution >= 4 is 23.2 Å². The van der Waals surface area contributed by atoms with Gasteiger partial charge in [0.25, 0.3) is 0 Å². The van der Waals surface area contributed by atoms with Crippen LogP contribution < -0.4 is 10.1 Å². The van der Waals surface area contributed by atoms with Gasteiger partial charge in [0, 0.05) is 29.2 Å². The number of hydrogen-bond acceptors (Lipinski definition) is 5. The van der Waals surface area contributed by atoms with Crippen molar-refractivity contribution in [2.24, 2.45) is 0 Å². The highest BCUT2D eigenvalue weighted by Crippen LogP contribution is 2.32. The maximum Gasteiger partial charge on any atom is 0.213 e. The highest BCUT2D eigenvalue weighted by atomic mass is 35.5. The third kappa shape index (κ3) is 4.27. The molecule has 0 amide bonds. The van der Waals surface area contributed by atoms with E-state index in [4.69, 9.17) is 16.3 Å². The molecule has 156 valence electrons. The van der Waals surface area contributed by atoms with Crippen molar-refractivity contribution in [3.63, 3.8) is 0 Å². The van der Waals surface area contributed by atoms with E-state index in [9.17, 15) is 9.59 Å². The first-order valence-electron chi connectivity index (χ1n) is 10.3. The highest BCUT2D eigenvalue weighted by molar-refractivity contribution is 6.30. The third-order valence-electron chi connectivity index (χ3n) is 5.65. The minimum atomic E-state index is -0.190. The normalized spacial score (nSPS) is 16.7. The average Bonchev–Trinajstić information content (AvgIpc) is 3.26. The lowest BCUT2D eigenvalue weighted by Crippen LogP contribution is -2.35. The molecule has 6 heteroatoms. The number of halogens is 1. The second kappa shape index (κ2) is 9.02. The molecule has 0 aromatic heterocycles. The van der Waals surface area contributed by atoms with E-state index < -0.39 is 0 Å². The van der Waals surface area contributed by atoms with Crippen molar-refractivity contribution in [1.29, 1.82) is 0 Å². The molecule has 1 N–H and O–H groups in total. The summed E-state index contributed by atoms with van der Waals surface area (Å²) in [6, 6.07) is 12.5. The number of likely N-dealkylation sites (tertiary alicyclic amines) is 1. The van der Waals surface area contributed by atoms with Crippen molar-refractivity contribution in [2.45, 2.75) is 26.4 Å². The molecule has 0 spiro atoms. The van der Waals surface area contributed by atoms with E-state index in [1.807, 2.05) is 18.2 Å². The van der Waals surface area contributed by atoms with E-state index in [-0.39, 0.29) is 18.2 Å². The fourth-order valence-electron chi connectivity index (χ4n) is 4.03. The van der Waals surface area contributed by atoms with Crippen LogP contribution in [0.2, 0.25) is 5.02 Å². The quantitative estimate of drug-likeness (QED) is 0.719. The van der Waals surface area contributed by atoms with Gasteiger partial charge in [-0.05, 0) is 56.6 Å². The molecule has 4 rings (SSSR count). The minimum Gasteiger partial charge on any atom is -0.488 e. The zero-order valence-corrected chi connectivity index (χ0v) is 17.8. The van der Waals surface area contributed by atoms with E-state index in [0.717, 1.165) is 25.2 Å². The van der Waals surface area contributed by atoms with Gasteiger partial charge in [0.2, 0.25) is 5.78 Å². The number of hydrogen-bond donors (Lipinski definition) is 1. The molecule has 1 saturated heterocycles. The first-order valence-corrected chi connectivity index (χ1v) is 10.7. The largest absolute Gasteiger partial charge is 0.488 e. The van der Waals surface area contributed by atoms with Gasteiger partial charge < -0.3 is 15.0 Å². The third-order valence-corrected chi connectivity index (χ3v) is 5.89. The average molecular weight is 425 g/mol. The first kappa shape index (κ1) is 20.6. The molecule has 1 fully saturated rings. The van der Waals surface area contributed by atoms with Crippen molar-refractivity contribution in [1.82, 2.24) is 10.2 Å². The summed E-state index contributed by atoms with van der Waals surface area (Å²) in [5.74, 6) is 0.0869. The van der Waals surface area contributed by atoms with Crippen LogP contribution in [0.1, 0.15) is 46.0 Å². The number of carbonyl (C=O) groups is 2. The Balaban J connectivity index is 1.53. The SMILES string of the molecule is CC1=C(NCCN2CCCC2)C(=O)c2c(OCc3cccc(Cl)c3)cccc2C1=O. The summed E-state index contributed by atoms with van der Waals surface area (Å²) in [6.45, 7) is 5.65. The Morgan fingerprint density at radius 3 is 2.60 bits per heavy atom. The molecule has 0 atom stereocenters. The zero-order valence-electron chi connectivity index (χ0n) is 17.0. The van der Waals surface area contributed by atoms with Gasteiger partial charge in [-0.15, -0.1) is 0 Å². The summed E-state index contributed by atoms with van der Waals surface area (Å²) in [4.78, 5) is 28.6. The summed E-state index contributed by atoms with van der Waals surface area (Å²) in [7, 11) is 0. The Morgan fingerprint density at radius 2 is 1.83 bits per heavy atom. The fourth-order valence-corrected chi connectivity index (χ4v) is 4.24. The summed E-state index contributed by atoms with van der Waals surface area (Å²) in [5, 5.41) is 3.85. The Labute approximate surface area is 181 Å². The molecule has 0 saturated carbocycles. The van der Waals surface area contributed by atoms with Crippen LogP contribution in [-0.2, 0) is 6.61 Å². The van der Waals surface area contributed by atoms with Crippen LogP contribution in [0.15, 0.2) is 53.7 Å². The molecule has 0 unspecified atom stereocenters. The Hall–Kier alpha value is -2.63. The van der Waals surface area contributed by atoms with Gasteiger partial charge in [0.1, 0.15) is 12.4 Å². The van der Waals surface area contributed by atoms with Crippen LogP contribution in [-0.4, -0.2) is 42.6 Å². The summed E-state index contributed by atoms with van der Waals surface area (Å²) < 4.78 is 5.94. The molecule has 1 aliphatic heterocycles. The van der Waals surface area contributed by atoms with Crippen LogP contribution in [0.4, 0.5) is 0 Å². The van der Waals surface area contributed by atoms with Gasteiger partial charge in [0.15, 0.2) is 5.78 Å². The lowest BCUT2D eigenvalue weighted by Gasteiger charge is -2.23. The number of carbonyl (C=O) groups excluding carboxylic acids is 2. The second-order valence-corrected chi connectivity index (χ2v) is 8.17. The van der Waals surface area contributed by atoms with E-state index in [0.29, 0.717) is 39.7 Å². The minimum absolute atomic E-state index is 0.138. The predicted octanol–water partition coefficient (Wildman–Crippen LogP) is 4.26. The number of nitrogens with one attached hydrogen (secondary N) is 1. The Bertz CT molecular complexity index is 1010. The van der Waals surface area contributed by atoms with Crippen LogP contribution in [0, 0.1) is 0 Å². The molecule has 1 heterocycles. The fraction of sp³-hybridized carbons (Fsp3) is 0.333. The standard InChI is InChI=1S/C24H25ClN2O3/c1-16-22(26-10-13-27-11-2-3-12-27)24(29)21-19(23(16)28)8-5-9-20(21)30-15-17-6-4-7-18(25)14-17/h4-9,14,26H,2-3,10-13,15H2,1H3. The number of benzene rings is 2. The number of nitrogens with zero attached hydrogens (tertiary/aromatic N) is 1. The summed E-state index contributed by atoms with van der Waals surface area (Å²) in [5.41, 5.74) is 2.46. The summed E-state index contributed by atoms with van der Waals surface area (Å²) in [6.07, 6.45) is 2.44. The van der Waals surface area contributed by atoms with E-state index in [1.54, 1.807) is 31.2 Å². The van der Waals surface area contributed by atoms with Gasteiger partial charge in [0.05, 0.1) is 11.3 Å². The van der Waals surface area contributed by atoms with E-state index in [1.165, 1.54) is 12.8 Å². The molecular weight excluding hydrogens is 400 g/mol. The maximum absolute atomic E-state index is 13.3. The maximum atomic E-state index is 13.3. The van der Waals surface area contributed by atoms with E-state index >= 15 is 0 Å². The molecule has 30 heavy (non-hydrogen) atoms. The number of allylic oxidation sites excluding steroid dienone is 2. The number of Topliss-reactive ketones (excluding diaryl/α,β-unsaturated/α-hetero) is 2. The van der Waals surface area contributed by atoms with Gasteiger partial charge >= 0.3 is 0 Å². The zero-order chi connectivity index (χ0) is 21.1. The summed E-state index contributed by atoms with van der Waals surface area (Å²) >= 11 is 6.04. The van der Waals surface area contributed by atoms with Gasteiger partial charge in [-0.2, -0.15) is 0 Å². The van der Waals surface area contributed by atoms with Crippen LogP contribution in [0.25, 0.3) is 0 Å². The Kier molecular flexibility index (Phi) is 6.21. The second-order valence-electron chi connectivity index (χ2n) is 7.73. The molecule has 0 radical (unpaired) electrons. The number of rotatable bonds is 7. The molecule has 2 aromatic rings. The lowest BCUT2D eigenvalue weighted by molar-refractivity contribution is 0.0964. The molecule has 5 nitrogen and oxygen atoms in total. The van der Waals surface area contributed by atoms with Crippen molar-refractivity contribution in [3.8, 4) is 5.75 Å².